The number of carbonyl (C=O) groups is 2. The van der Waals surface area contributed by atoms with Crippen molar-refractivity contribution in [1.82, 2.24) is 10.6 Å². The molecular formula is C30H25F3N2O3. The van der Waals surface area contributed by atoms with Crippen molar-refractivity contribution >= 4 is 11.9 Å². The molecule has 0 saturated carbocycles. The minimum atomic E-state index is -4.41. The Morgan fingerprint density at radius 1 is 0.711 bits per heavy atom. The van der Waals surface area contributed by atoms with Crippen LogP contribution in [0.15, 0.2) is 103 Å². The average molecular weight is 519 g/mol. The smallest absolute Gasteiger partial charge is 0.416 e. The van der Waals surface area contributed by atoms with Gasteiger partial charge >= 0.3 is 12.1 Å². The lowest BCUT2D eigenvalue weighted by Crippen LogP contribution is -2.47. The molecule has 4 aromatic carbocycles. The fourth-order valence-electron chi connectivity index (χ4n) is 3.91. The van der Waals surface area contributed by atoms with Crippen molar-refractivity contribution in [3.05, 3.63) is 120 Å². The van der Waals surface area contributed by atoms with Crippen LogP contribution in [0.1, 0.15) is 21.5 Å². The fourth-order valence-corrected chi connectivity index (χ4v) is 3.91. The number of halogens is 3. The van der Waals surface area contributed by atoms with Crippen LogP contribution >= 0.6 is 0 Å². The Morgan fingerprint density at radius 2 is 1.21 bits per heavy atom. The number of carbonyl (C=O) groups excluding carboxylic acids is 1. The molecule has 3 N–H and O–H groups in total. The van der Waals surface area contributed by atoms with E-state index in [0.717, 1.165) is 28.8 Å². The number of carboxylic acids is 1. The summed E-state index contributed by atoms with van der Waals surface area (Å²) in [6, 6.07) is 27.6. The molecule has 0 aliphatic carbocycles. The second-order valence-electron chi connectivity index (χ2n) is 8.71. The van der Waals surface area contributed by atoms with Crippen molar-refractivity contribution in [2.75, 3.05) is 6.54 Å². The Labute approximate surface area is 218 Å². The molecule has 0 fully saturated rings. The topological polar surface area (TPSA) is 78.4 Å². The molecule has 4 aromatic rings. The van der Waals surface area contributed by atoms with Crippen LogP contribution in [0.25, 0.3) is 22.3 Å². The number of nitrogens with one attached hydrogen (secondary N) is 2. The number of carboxylic acid groups (broad SMARTS) is 1. The third-order valence-corrected chi connectivity index (χ3v) is 6.03. The number of amides is 1. The summed E-state index contributed by atoms with van der Waals surface area (Å²) in [4.78, 5) is 24.4. The van der Waals surface area contributed by atoms with Crippen LogP contribution < -0.4 is 10.6 Å². The lowest BCUT2D eigenvalue weighted by atomic mass is 10.0. The van der Waals surface area contributed by atoms with Crippen molar-refractivity contribution < 1.29 is 27.9 Å². The van der Waals surface area contributed by atoms with Crippen LogP contribution in [0.5, 0.6) is 0 Å². The number of hydrogen-bond donors (Lipinski definition) is 3. The maximum absolute atomic E-state index is 12.8. The van der Waals surface area contributed by atoms with Crippen molar-refractivity contribution in [2.24, 2.45) is 0 Å². The van der Waals surface area contributed by atoms with Gasteiger partial charge in [0.15, 0.2) is 0 Å². The monoisotopic (exact) mass is 518 g/mol. The van der Waals surface area contributed by atoms with Gasteiger partial charge < -0.3 is 15.7 Å². The third-order valence-electron chi connectivity index (χ3n) is 6.03. The molecule has 1 amide bonds. The van der Waals surface area contributed by atoms with Gasteiger partial charge in [-0.2, -0.15) is 13.2 Å². The SMILES string of the molecule is O=C(N[C@@H](CNCc1ccc(-c2ccccc2)cc1)C(=O)O)c1ccc(-c2ccc(C(F)(F)F)cc2)cc1. The highest BCUT2D eigenvalue weighted by molar-refractivity contribution is 5.97. The molecule has 0 aromatic heterocycles. The predicted molar refractivity (Wildman–Crippen MR) is 139 cm³/mol. The molecule has 0 saturated heterocycles. The van der Waals surface area contributed by atoms with Gasteiger partial charge in [-0.1, -0.05) is 78.9 Å². The molecule has 0 aliphatic heterocycles. The lowest BCUT2D eigenvalue weighted by Gasteiger charge is -2.16. The van der Waals surface area contributed by atoms with E-state index in [1.165, 1.54) is 24.3 Å². The van der Waals surface area contributed by atoms with Gasteiger partial charge in [0.05, 0.1) is 5.56 Å². The fraction of sp³-hybridized carbons (Fsp3) is 0.133. The Hall–Kier alpha value is -4.43. The first-order chi connectivity index (χ1) is 18.2. The number of hydrogen-bond acceptors (Lipinski definition) is 3. The molecule has 0 unspecified atom stereocenters. The highest BCUT2D eigenvalue weighted by atomic mass is 19.4. The first-order valence-corrected chi connectivity index (χ1v) is 11.9. The highest BCUT2D eigenvalue weighted by Gasteiger charge is 2.30. The summed E-state index contributed by atoms with van der Waals surface area (Å²) in [7, 11) is 0. The van der Waals surface area contributed by atoms with Crippen LogP contribution in [0.4, 0.5) is 13.2 Å². The van der Waals surface area contributed by atoms with E-state index >= 15 is 0 Å². The summed E-state index contributed by atoms with van der Waals surface area (Å²) in [5.41, 5.74) is 3.85. The number of benzene rings is 4. The molecule has 194 valence electrons. The van der Waals surface area contributed by atoms with Gasteiger partial charge in [0, 0.05) is 18.7 Å². The number of rotatable bonds is 9. The van der Waals surface area contributed by atoms with Crippen LogP contribution in [0.3, 0.4) is 0 Å². The number of aliphatic carboxylic acids is 1. The van der Waals surface area contributed by atoms with E-state index in [1.54, 1.807) is 12.1 Å². The third kappa shape index (κ3) is 6.86. The normalized spacial score (nSPS) is 12.1. The summed E-state index contributed by atoms with van der Waals surface area (Å²) < 4.78 is 38.3. The maximum Gasteiger partial charge on any atom is 0.416 e. The molecule has 4 rings (SSSR count). The van der Waals surface area contributed by atoms with E-state index < -0.39 is 29.7 Å². The Kier molecular flexibility index (Phi) is 8.23. The summed E-state index contributed by atoms with van der Waals surface area (Å²) in [6.45, 7) is 0.446. The van der Waals surface area contributed by atoms with Gasteiger partial charge in [-0.15, -0.1) is 0 Å². The average Bonchev–Trinajstić information content (AvgIpc) is 2.93. The minimum absolute atomic E-state index is 0.0190. The van der Waals surface area contributed by atoms with E-state index in [2.05, 4.69) is 10.6 Å². The summed E-state index contributed by atoms with van der Waals surface area (Å²) in [5.74, 6) is -1.74. The predicted octanol–water partition coefficient (Wildman–Crippen LogP) is 6.01. The second-order valence-corrected chi connectivity index (χ2v) is 8.71. The van der Waals surface area contributed by atoms with Gasteiger partial charge in [0.1, 0.15) is 6.04 Å². The highest BCUT2D eigenvalue weighted by Crippen LogP contribution is 2.31. The zero-order valence-corrected chi connectivity index (χ0v) is 20.2. The van der Waals surface area contributed by atoms with E-state index in [1.807, 2.05) is 54.6 Å². The molecule has 0 radical (unpaired) electrons. The molecular weight excluding hydrogens is 493 g/mol. The lowest BCUT2D eigenvalue weighted by molar-refractivity contribution is -0.139. The van der Waals surface area contributed by atoms with Gasteiger partial charge in [0.25, 0.3) is 5.91 Å². The van der Waals surface area contributed by atoms with Crippen molar-refractivity contribution in [3.63, 3.8) is 0 Å². The Morgan fingerprint density at radius 3 is 1.74 bits per heavy atom. The summed E-state index contributed by atoms with van der Waals surface area (Å²) >= 11 is 0. The Balaban J connectivity index is 1.32. The van der Waals surface area contributed by atoms with Crippen LogP contribution in [0, 0.1) is 0 Å². The Bertz CT molecular complexity index is 1370. The number of alkyl halides is 3. The van der Waals surface area contributed by atoms with Gasteiger partial charge in [0.2, 0.25) is 0 Å². The van der Waals surface area contributed by atoms with E-state index in [4.69, 9.17) is 0 Å². The van der Waals surface area contributed by atoms with E-state index in [-0.39, 0.29) is 12.1 Å². The zero-order chi connectivity index (χ0) is 27.1. The van der Waals surface area contributed by atoms with Crippen molar-refractivity contribution in [3.8, 4) is 22.3 Å². The molecule has 0 bridgehead atoms. The first kappa shape index (κ1) is 26.6. The largest absolute Gasteiger partial charge is 0.480 e. The van der Waals surface area contributed by atoms with Gasteiger partial charge in [-0.05, 0) is 52.1 Å². The minimum Gasteiger partial charge on any atom is -0.480 e. The van der Waals surface area contributed by atoms with Gasteiger partial charge in [-0.3, -0.25) is 4.79 Å². The zero-order valence-electron chi connectivity index (χ0n) is 20.2. The standard InChI is InChI=1S/C30H25F3N2O3/c31-30(32,33)26-16-14-24(15-17-26)23-10-12-25(13-11-23)28(36)35-27(29(37)38)19-34-18-20-6-8-22(9-7-20)21-4-2-1-3-5-21/h1-17,27,34H,18-19H2,(H,35,36)(H,37,38)/t27-/m0/s1. The second kappa shape index (κ2) is 11.7. The van der Waals surface area contributed by atoms with Crippen molar-refractivity contribution in [2.45, 2.75) is 18.8 Å². The molecule has 38 heavy (non-hydrogen) atoms. The molecule has 0 aliphatic rings. The maximum atomic E-state index is 12.8. The van der Waals surface area contributed by atoms with E-state index in [0.29, 0.717) is 17.7 Å². The molecule has 8 heteroatoms. The molecule has 1 atom stereocenters. The van der Waals surface area contributed by atoms with Crippen LogP contribution in [-0.2, 0) is 17.5 Å². The molecule has 5 nitrogen and oxygen atoms in total. The van der Waals surface area contributed by atoms with E-state index in [9.17, 15) is 27.9 Å². The molecule has 0 heterocycles. The van der Waals surface area contributed by atoms with Gasteiger partial charge in [-0.25, -0.2) is 4.79 Å². The van der Waals surface area contributed by atoms with Crippen molar-refractivity contribution in [1.29, 1.82) is 0 Å². The van der Waals surface area contributed by atoms with Crippen LogP contribution in [-0.4, -0.2) is 29.6 Å². The summed E-state index contributed by atoms with van der Waals surface area (Å²) in [6.07, 6.45) is -4.41. The summed E-state index contributed by atoms with van der Waals surface area (Å²) in [5, 5.41) is 15.1. The van der Waals surface area contributed by atoms with Crippen LogP contribution in [0.2, 0.25) is 0 Å². The molecule has 0 spiro atoms. The quantitative estimate of drug-likeness (QED) is 0.254. The first-order valence-electron chi connectivity index (χ1n) is 11.9.